The van der Waals surface area contributed by atoms with Crippen LogP contribution in [0, 0.1) is 0 Å². The fourth-order valence-corrected chi connectivity index (χ4v) is 3.51. The van der Waals surface area contributed by atoms with Gasteiger partial charge < -0.3 is 10.1 Å². The average molecular weight is 365 g/mol. The third-order valence-corrected chi connectivity index (χ3v) is 5.03. The van der Waals surface area contributed by atoms with Crippen molar-refractivity contribution >= 4 is 11.9 Å². The second-order valence-electron chi connectivity index (χ2n) is 7.13. The Hall–Kier alpha value is -2.62. The smallest absolute Gasteiger partial charge is 0.338 e. The quantitative estimate of drug-likeness (QED) is 0.779. The first-order chi connectivity index (χ1) is 13.2. The third-order valence-electron chi connectivity index (χ3n) is 5.03. The molecule has 0 atom stereocenters. The van der Waals surface area contributed by atoms with Crippen LogP contribution >= 0.6 is 0 Å². The molecule has 27 heavy (non-hydrogen) atoms. The maximum Gasteiger partial charge on any atom is 0.338 e. The van der Waals surface area contributed by atoms with Crippen LogP contribution in [0.5, 0.6) is 0 Å². The Kier molecular flexibility index (Phi) is 7.03. The molecule has 0 aliphatic heterocycles. The van der Waals surface area contributed by atoms with Gasteiger partial charge in [0, 0.05) is 6.04 Å². The van der Waals surface area contributed by atoms with Crippen LogP contribution in [0.2, 0.25) is 0 Å². The number of hydrogen-bond donors (Lipinski definition) is 1. The van der Waals surface area contributed by atoms with Gasteiger partial charge in [-0.05, 0) is 36.1 Å². The first kappa shape index (κ1) is 19.2. The second kappa shape index (κ2) is 9.91. The van der Waals surface area contributed by atoms with Gasteiger partial charge in [0.15, 0.2) is 6.61 Å². The molecule has 1 amide bonds. The summed E-state index contributed by atoms with van der Waals surface area (Å²) in [5.74, 6) is -0.683. The lowest BCUT2D eigenvalue weighted by Gasteiger charge is -2.20. The number of benzene rings is 2. The Bertz CT molecular complexity index is 732. The summed E-state index contributed by atoms with van der Waals surface area (Å²) in [6, 6.07) is 17.4. The van der Waals surface area contributed by atoms with Crippen LogP contribution in [0.1, 0.15) is 55.3 Å². The molecule has 3 rings (SSSR count). The molecular formula is C23H27NO3. The molecule has 2 aromatic rings. The van der Waals surface area contributed by atoms with Gasteiger partial charge in [0.05, 0.1) is 5.56 Å². The van der Waals surface area contributed by atoms with E-state index in [1.54, 1.807) is 12.1 Å². The summed E-state index contributed by atoms with van der Waals surface area (Å²) in [5.41, 5.74) is 2.58. The predicted octanol–water partition coefficient (Wildman–Crippen LogP) is 4.74. The molecule has 0 spiro atoms. The van der Waals surface area contributed by atoms with Gasteiger partial charge in [0.25, 0.3) is 5.91 Å². The number of carbonyl (C=O) groups is 2. The number of ether oxygens (including phenoxy) is 1. The van der Waals surface area contributed by atoms with Crippen LogP contribution in [0.25, 0.3) is 11.1 Å². The number of rotatable bonds is 5. The van der Waals surface area contributed by atoms with E-state index in [0.29, 0.717) is 5.56 Å². The highest BCUT2D eigenvalue weighted by Crippen LogP contribution is 2.20. The molecule has 1 aliphatic carbocycles. The van der Waals surface area contributed by atoms with E-state index in [2.05, 4.69) is 5.32 Å². The minimum atomic E-state index is -0.470. The molecule has 0 radical (unpaired) electrons. The highest BCUT2D eigenvalue weighted by molar-refractivity contribution is 5.91. The molecule has 0 aromatic heterocycles. The molecule has 1 fully saturated rings. The predicted molar refractivity (Wildman–Crippen MR) is 106 cm³/mol. The monoisotopic (exact) mass is 365 g/mol. The first-order valence-electron chi connectivity index (χ1n) is 9.84. The van der Waals surface area contributed by atoms with Gasteiger partial charge in [-0.2, -0.15) is 0 Å². The maximum absolute atomic E-state index is 12.2. The van der Waals surface area contributed by atoms with Crippen molar-refractivity contribution in [1.82, 2.24) is 5.32 Å². The van der Waals surface area contributed by atoms with Crippen molar-refractivity contribution in [2.45, 2.75) is 51.0 Å². The molecule has 0 bridgehead atoms. The Labute approximate surface area is 160 Å². The molecule has 0 heterocycles. The van der Waals surface area contributed by atoms with Crippen molar-refractivity contribution in [3.05, 3.63) is 60.2 Å². The van der Waals surface area contributed by atoms with E-state index in [9.17, 15) is 9.59 Å². The van der Waals surface area contributed by atoms with Crippen LogP contribution < -0.4 is 5.32 Å². The standard InChI is InChI=1S/C23H27NO3/c25-22(24-21-11-7-2-1-3-8-12-21)17-27-23(26)20-15-13-19(14-16-20)18-9-5-4-6-10-18/h4-6,9-10,13-16,21H,1-3,7-8,11-12,17H2,(H,24,25). The van der Waals surface area contributed by atoms with E-state index >= 15 is 0 Å². The van der Waals surface area contributed by atoms with Gasteiger partial charge in [-0.15, -0.1) is 0 Å². The molecule has 2 aromatic carbocycles. The number of carbonyl (C=O) groups excluding carboxylic acids is 2. The lowest BCUT2D eigenvalue weighted by Crippen LogP contribution is -2.38. The van der Waals surface area contributed by atoms with E-state index in [0.717, 1.165) is 36.8 Å². The molecule has 0 saturated heterocycles. The molecule has 1 aliphatic rings. The van der Waals surface area contributed by atoms with Crippen LogP contribution in [0.15, 0.2) is 54.6 Å². The highest BCUT2D eigenvalue weighted by atomic mass is 16.5. The highest BCUT2D eigenvalue weighted by Gasteiger charge is 2.16. The van der Waals surface area contributed by atoms with Crippen LogP contribution in [-0.2, 0) is 9.53 Å². The average Bonchev–Trinajstić information content (AvgIpc) is 2.69. The molecule has 1 N–H and O–H groups in total. The summed E-state index contributed by atoms with van der Waals surface area (Å²) in [5, 5.41) is 3.01. The van der Waals surface area contributed by atoms with E-state index in [-0.39, 0.29) is 18.6 Å². The van der Waals surface area contributed by atoms with Gasteiger partial charge >= 0.3 is 5.97 Å². The normalized spacial score (nSPS) is 15.4. The van der Waals surface area contributed by atoms with Gasteiger partial charge in [0.1, 0.15) is 0 Å². The van der Waals surface area contributed by atoms with Gasteiger partial charge in [-0.3, -0.25) is 4.79 Å². The van der Waals surface area contributed by atoms with Crippen molar-refractivity contribution in [3.63, 3.8) is 0 Å². The number of nitrogens with one attached hydrogen (secondary N) is 1. The summed E-state index contributed by atoms with van der Waals surface area (Å²) in [7, 11) is 0. The van der Waals surface area contributed by atoms with Gasteiger partial charge in [0.2, 0.25) is 0 Å². The number of hydrogen-bond acceptors (Lipinski definition) is 3. The van der Waals surface area contributed by atoms with Gasteiger partial charge in [-0.1, -0.05) is 74.6 Å². The molecule has 142 valence electrons. The molecular weight excluding hydrogens is 338 g/mol. The van der Waals surface area contributed by atoms with Crippen molar-refractivity contribution in [3.8, 4) is 11.1 Å². The Morgan fingerprint density at radius 2 is 1.41 bits per heavy atom. The fourth-order valence-electron chi connectivity index (χ4n) is 3.51. The zero-order chi connectivity index (χ0) is 18.9. The lowest BCUT2D eigenvalue weighted by molar-refractivity contribution is -0.125. The van der Waals surface area contributed by atoms with Gasteiger partial charge in [-0.25, -0.2) is 4.79 Å². The van der Waals surface area contributed by atoms with Crippen molar-refractivity contribution in [2.75, 3.05) is 6.61 Å². The minimum Gasteiger partial charge on any atom is -0.452 e. The SMILES string of the molecule is O=C(COC(=O)c1ccc(-c2ccccc2)cc1)NC1CCCCCCC1. The molecule has 4 heteroatoms. The van der Waals surface area contributed by atoms with Crippen molar-refractivity contribution in [1.29, 1.82) is 0 Å². The number of esters is 1. The van der Waals surface area contributed by atoms with E-state index in [4.69, 9.17) is 4.74 Å². The summed E-state index contributed by atoms with van der Waals surface area (Å²) in [4.78, 5) is 24.3. The van der Waals surface area contributed by atoms with Crippen LogP contribution in [-0.4, -0.2) is 24.5 Å². The van der Waals surface area contributed by atoms with Crippen LogP contribution in [0.4, 0.5) is 0 Å². The van der Waals surface area contributed by atoms with E-state index < -0.39 is 5.97 Å². The summed E-state index contributed by atoms with van der Waals surface area (Å²) in [6.45, 7) is -0.226. The fraction of sp³-hybridized carbons (Fsp3) is 0.391. The van der Waals surface area contributed by atoms with Crippen LogP contribution in [0.3, 0.4) is 0 Å². The van der Waals surface area contributed by atoms with Crippen molar-refractivity contribution in [2.24, 2.45) is 0 Å². The Morgan fingerprint density at radius 1 is 0.815 bits per heavy atom. The largest absolute Gasteiger partial charge is 0.452 e. The number of amides is 1. The zero-order valence-corrected chi connectivity index (χ0v) is 15.7. The van der Waals surface area contributed by atoms with E-state index in [1.807, 2.05) is 42.5 Å². The third kappa shape index (κ3) is 5.95. The minimum absolute atomic E-state index is 0.210. The van der Waals surface area contributed by atoms with Crippen molar-refractivity contribution < 1.29 is 14.3 Å². The maximum atomic E-state index is 12.2. The second-order valence-corrected chi connectivity index (χ2v) is 7.13. The molecule has 1 saturated carbocycles. The Balaban J connectivity index is 1.47. The zero-order valence-electron chi connectivity index (χ0n) is 15.7. The molecule has 4 nitrogen and oxygen atoms in total. The first-order valence-corrected chi connectivity index (χ1v) is 9.84. The summed E-state index contributed by atoms with van der Waals surface area (Å²) >= 11 is 0. The topological polar surface area (TPSA) is 55.4 Å². The summed E-state index contributed by atoms with van der Waals surface area (Å²) < 4.78 is 5.18. The molecule has 0 unspecified atom stereocenters. The Morgan fingerprint density at radius 3 is 2.07 bits per heavy atom. The lowest BCUT2D eigenvalue weighted by atomic mass is 9.97. The van der Waals surface area contributed by atoms with E-state index in [1.165, 1.54) is 19.3 Å². The summed E-state index contributed by atoms with van der Waals surface area (Å²) in [6.07, 6.45) is 8.10.